The highest BCUT2D eigenvalue weighted by Crippen LogP contribution is 2.16. The number of aryl methyl sites for hydroxylation is 1. The quantitative estimate of drug-likeness (QED) is 0.727. The number of sulfone groups is 1. The first-order valence-electron chi connectivity index (χ1n) is 8.08. The van der Waals surface area contributed by atoms with Crippen LogP contribution in [-0.2, 0) is 26.5 Å². The van der Waals surface area contributed by atoms with E-state index >= 15 is 0 Å². The van der Waals surface area contributed by atoms with Gasteiger partial charge in [-0.15, -0.1) is 0 Å². The number of nitrogens with zero attached hydrogens (tertiary/aromatic N) is 3. The van der Waals surface area contributed by atoms with Crippen molar-refractivity contribution in [1.82, 2.24) is 9.78 Å². The third-order valence-electron chi connectivity index (χ3n) is 3.79. The van der Waals surface area contributed by atoms with Crippen molar-refractivity contribution in [3.63, 3.8) is 0 Å². The zero-order valence-corrected chi connectivity index (χ0v) is 15.7. The molecule has 1 aromatic heterocycles. The molecule has 0 saturated carbocycles. The van der Waals surface area contributed by atoms with Gasteiger partial charge in [-0.1, -0.05) is 25.1 Å². The molecule has 1 aromatic carbocycles. The number of rotatable bonds is 7. The van der Waals surface area contributed by atoms with E-state index in [1.165, 1.54) is 24.9 Å². The van der Waals surface area contributed by atoms with E-state index in [-0.39, 0.29) is 17.8 Å². The molecule has 0 spiro atoms. The van der Waals surface area contributed by atoms with Gasteiger partial charge in [-0.05, 0) is 18.6 Å². The van der Waals surface area contributed by atoms with Crippen molar-refractivity contribution in [3.8, 4) is 6.07 Å². The number of carbonyl (C=O) groups excluding carboxylic acids is 2. The lowest BCUT2D eigenvalue weighted by Gasteiger charge is -2.16. The fourth-order valence-corrected chi connectivity index (χ4v) is 4.00. The Bertz CT molecular complexity index is 976. The number of benzene rings is 1. The van der Waals surface area contributed by atoms with Gasteiger partial charge in [0.1, 0.15) is 28.5 Å². The first-order valence-corrected chi connectivity index (χ1v) is 9.79. The van der Waals surface area contributed by atoms with Gasteiger partial charge >= 0.3 is 0 Å². The van der Waals surface area contributed by atoms with Gasteiger partial charge in [-0.2, -0.15) is 10.4 Å². The summed E-state index contributed by atoms with van der Waals surface area (Å²) in [5, 5.41) is 16.4. The van der Waals surface area contributed by atoms with Gasteiger partial charge in [0.15, 0.2) is 9.84 Å². The summed E-state index contributed by atoms with van der Waals surface area (Å²) in [6.07, 6.45) is 1.24. The second-order valence-corrected chi connectivity index (χ2v) is 7.93. The van der Waals surface area contributed by atoms with E-state index in [9.17, 15) is 18.0 Å². The van der Waals surface area contributed by atoms with Gasteiger partial charge in [-0.25, -0.2) is 8.42 Å². The maximum Gasteiger partial charge on any atom is 0.243 e. The molecule has 0 bridgehead atoms. The van der Waals surface area contributed by atoms with E-state index in [1.807, 2.05) is 6.07 Å². The first kappa shape index (κ1) is 20.1. The number of aromatic nitrogens is 2. The van der Waals surface area contributed by atoms with Crippen LogP contribution in [0.5, 0.6) is 0 Å². The molecule has 0 radical (unpaired) electrons. The molecule has 2 amide bonds. The molecular weight excluding hydrogens is 370 g/mol. The largest absolute Gasteiger partial charge is 0.325 e. The summed E-state index contributed by atoms with van der Waals surface area (Å²) in [4.78, 5) is 24.5. The fourth-order valence-electron chi connectivity index (χ4n) is 2.47. The predicted molar refractivity (Wildman–Crippen MR) is 99.5 cm³/mol. The minimum atomic E-state index is -4.06. The van der Waals surface area contributed by atoms with E-state index in [1.54, 1.807) is 30.3 Å². The van der Waals surface area contributed by atoms with E-state index in [4.69, 9.17) is 5.26 Å². The van der Waals surface area contributed by atoms with Crippen LogP contribution in [0.3, 0.4) is 0 Å². The number of hydrogen-bond acceptors (Lipinski definition) is 6. The lowest BCUT2D eigenvalue weighted by molar-refractivity contribution is -0.115. The number of amides is 2. The van der Waals surface area contributed by atoms with Gasteiger partial charge in [0.2, 0.25) is 11.8 Å². The Morgan fingerprint density at radius 2 is 1.93 bits per heavy atom. The molecule has 2 N–H and O–H groups in total. The predicted octanol–water partition coefficient (Wildman–Crippen LogP) is 1.06. The van der Waals surface area contributed by atoms with Gasteiger partial charge in [0.05, 0.1) is 6.20 Å². The van der Waals surface area contributed by atoms with Crippen molar-refractivity contribution in [2.75, 3.05) is 16.4 Å². The second-order valence-electron chi connectivity index (χ2n) is 5.75. The van der Waals surface area contributed by atoms with E-state index in [2.05, 4.69) is 15.7 Å². The summed E-state index contributed by atoms with van der Waals surface area (Å²) in [5.41, 5.74) is 0.573. The van der Waals surface area contributed by atoms with Crippen molar-refractivity contribution in [2.24, 2.45) is 7.05 Å². The highest BCUT2D eigenvalue weighted by Gasteiger charge is 2.33. The van der Waals surface area contributed by atoms with Crippen LogP contribution in [0.4, 0.5) is 11.5 Å². The molecule has 2 rings (SSSR count). The molecule has 0 saturated heterocycles. The van der Waals surface area contributed by atoms with E-state index < -0.39 is 32.7 Å². The van der Waals surface area contributed by atoms with Crippen molar-refractivity contribution in [3.05, 3.63) is 42.1 Å². The minimum absolute atomic E-state index is 0.0213. The van der Waals surface area contributed by atoms with Gasteiger partial charge in [0, 0.05) is 12.7 Å². The molecule has 0 aliphatic carbocycles. The highest BCUT2D eigenvalue weighted by atomic mass is 32.2. The zero-order valence-electron chi connectivity index (χ0n) is 14.8. The Morgan fingerprint density at radius 1 is 1.26 bits per heavy atom. The third-order valence-corrected chi connectivity index (χ3v) is 5.87. The van der Waals surface area contributed by atoms with Gasteiger partial charge in [0.25, 0.3) is 0 Å². The molecule has 142 valence electrons. The Morgan fingerprint density at radius 3 is 2.52 bits per heavy atom. The number of para-hydroxylation sites is 1. The van der Waals surface area contributed by atoms with Crippen LogP contribution in [-0.4, -0.2) is 41.0 Å². The molecule has 9 nitrogen and oxygen atoms in total. The lowest BCUT2D eigenvalue weighted by atomic mass is 10.3. The zero-order chi connectivity index (χ0) is 20.0. The fraction of sp³-hybridized carbons (Fsp3) is 0.294. The van der Waals surface area contributed by atoms with Crippen LogP contribution in [0.25, 0.3) is 0 Å². The summed E-state index contributed by atoms with van der Waals surface area (Å²) >= 11 is 0. The standard InChI is InChI=1S/C17H19N5O4S/c1-3-14(17(24)21-16-12(9-18)10-19-22(16)2)27(25,26)11-15(23)20-13-7-5-4-6-8-13/h4-8,10,14H,3,11H2,1-2H3,(H,20,23)(H,21,24). The van der Waals surface area contributed by atoms with Crippen LogP contribution in [0.1, 0.15) is 18.9 Å². The SMILES string of the molecule is CCC(C(=O)Nc1c(C#N)cnn1C)S(=O)(=O)CC(=O)Nc1ccccc1. The molecule has 2 aromatic rings. The second kappa shape index (κ2) is 8.46. The van der Waals surface area contributed by atoms with Crippen molar-refractivity contribution in [2.45, 2.75) is 18.6 Å². The highest BCUT2D eigenvalue weighted by molar-refractivity contribution is 7.93. The Hall–Kier alpha value is -3.19. The summed E-state index contributed by atoms with van der Waals surface area (Å²) in [6, 6.07) is 10.3. The summed E-state index contributed by atoms with van der Waals surface area (Å²) in [5.74, 6) is -2.27. The molecule has 27 heavy (non-hydrogen) atoms. The number of anilines is 2. The molecule has 0 aliphatic rings. The van der Waals surface area contributed by atoms with Gasteiger partial charge < -0.3 is 10.6 Å². The molecule has 10 heteroatoms. The average molecular weight is 389 g/mol. The van der Waals surface area contributed by atoms with Crippen molar-refractivity contribution in [1.29, 1.82) is 5.26 Å². The monoisotopic (exact) mass is 389 g/mol. The molecule has 1 heterocycles. The average Bonchev–Trinajstić information content (AvgIpc) is 2.95. The number of nitrogens with one attached hydrogen (secondary N) is 2. The number of nitriles is 1. The normalized spacial score (nSPS) is 12.0. The van der Waals surface area contributed by atoms with Crippen LogP contribution in [0.15, 0.2) is 36.5 Å². The Labute approximate surface area is 156 Å². The summed E-state index contributed by atoms with van der Waals surface area (Å²) in [7, 11) is -2.55. The molecule has 0 aliphatic heterocycles. The smallest absolute Gasteiger partial charge is 0.243 e. The topological polar surface area (TPSA) is 134 Å². The molecular formula is C17H19N5O4S. The van der Waals surface area contributed by atoms with Crippen LogP contribution < -0.4 is 10.6 Å². The maximum atomic E-state index is 12.6. The van der Waals surface area contributed by atoms with Crippen molar-refractivity contribution < 1.29 is 18.0 Å². The Kier molecular flexibility index (Phi) is 6.31. The van der Waals surface area contributed by atoms with E-state index in [0.717, 1.165) is 0 Å². The third kappa shape index (κ3) is 4.92. The van der Waals surface area contributed by atoms with Gasteiger partial charge in [-0.3, -0.25) is 14.3 Å². The summed E-state index contributed by atoms with van der Waals surface area (Å²) in [6.45, 7) is 1.53. The van der Waals surface area contributed by atoms with E-state index in [0.29, 0.717) is 5.69 Å². The number of carbonyl (C=O) groups is 2. The molecule has 1 atom stereocenters. The van der Waals surface area contributed by atoms with Crippen molar-refractivity contribution >= 4 is 33.2 Å². The van der Waals surface area contributed by atoms with Crippen LogP contribution in [0.2, 0.25) is 0 Å². The Balaban J connectivity index is 2.12. The molecule has 1 unspecified atom stereocenters. The van der Waals surface area contributed by atoms with Crippen LogP contribution >= 0.6 is 0 Å². The lowest BCUT2D eigenvalue weighted by Crippen LogP contribution is -2.39. The maximum absolute atomic E-state index is 12.6. The number of hydrogen-bond donors (Lipinski definition) is 2. The minimum Gasteiger partial charge on any atom is -0.325 e. The molecule has 0 fully saturated rings. The summed E-state index contributed by atoms with van der Waals surface area (Å²) < 4.78 is 26.4. The first-order chi connectivity index (χ1) is 12.8. The van der Waals surface area contributed by atoms with Crippen LogP contribution in [0, 0.1) is 11.3 Å².